The highest BCUT2D eigenvalue weighted by atomic mass is 19.1. The summed E-state index contributed by atoms with van der Waals surface area (Å²) in [5, 5.41) is 10.7. The molecule has 0 saturated carbocycles. The van der Waals surface area contributed by atoms with Gasteiger partial charge in [0.05, 0.1) is 0 Å². The van der Waals surface area contributed by atoms with Gasteiger partial charge in [-0.05, 0) is 18.1 Å². The number of β-amino-alcohol motifs (C(OH)–C–C–N with tert-alkyl or cyclic N) is 1. The van der Waals surface area contributed by atoms with Gasteiger partial charge in [-0.3, -0.25) is 4.90 Å². The van der Waals surface area contributed by atoms with Crippen LogP contribution in [0.4, 0.5) is 4.39 Å². The average molecular weight is 271 g/mol. The Hall–Kier alpha value is -1.71. The zero-order valence-electron chi connectivity index (χ0n) is 11.3. The molecule has 0 amide bonds. The monoisotopic (exact) mass is 271 g/mol. The van der Waals surface area contributed by atoms with Crippen molar-refractivity contribution >= 4 is 0 Å². The maximum Gasteiger partial charge on any atom is 0.129 e. The molecular formula is C17H18FNO. The van der Waals surface area contributed by atoms with Crippen molar-refractivity contribution in [1.82, 2.24) is 4.90 Å². The molecule has 3 heteroatoms. The molecule has 1 unspecified atom stereocenters. The molecule has 0 radical (unpaired) electrons. The van der Waals surface area contributed by atoms with Crippen molar-refractivity contribution in [2.24, 2.45) is 0 Å². The maximum absolute atomic E-state index is 13.9. The predicted molar refractivity (Wildman–Crippen MR) is 76.6 cm³/mol. The molecule has 0 bridgehead atoms. The highest BCUT2D eigenvalue weighted by Crippen LogP contribution is 2.33. The molecule has 1 aliphatic rings. The van der Waals surface area contributed by atoms with Crippen LogP contribution in [-0.4, -0.2) is 23.1 Å². The lowest BCUT2D eigenvalue weighted by Crippen LogP contribution is -2.31. The Morgan fingerprint density at radius 2 is 1.75 bits per heavy atom. The van der Waals surface area contributed by atoms with Gasteiger partial charge in [0.15, 0.2) is 0 Å². The van der Waals surface area contributed by atoms with Gasteiger partial charge in [0.2, 0.25) is 0 Å². The van der Waals surface area contributed by atoms with Crippen LogP contribution in [0.2, 0.25) is 0 Å². The van der Waals surface area contributed by atoms with Crippen LogP contribution >= 0.6 is 0 Å². The molecule has 1 aliphatic heterocycles. The van der Waals surface area contributed by atoms with E-state index in [1.807, 2.05) is 18.2 Å². The summed E-state index contributed by atoms with van der Waals surface area (Å²) in [5.41, 5.74) is 0.556. The van der Waals surface area contributed by atoms with Crippen LogP contribution in [0.3, 0.4) is 0 Å². The van der Waals surface area contributed by atoms with Crippen molar-refractivity contribution in [3.8, 4) is 0 Å². The van der Waals surface area contributed by atoms with E-state index in [4.69, 9.17) is 0 Å². The quantitative estimate of drug-likeness (QED) is 0.928. The van der Waals surface area contributed by atoms with Gasteiger partial charge in [-0.15, -0.1) is 0 Å². The number of likely N-dealkylation sites (tertiary alicyclic amines) is 1. The molecule has 3 rings (SSSR count). The topological polar surface area (TPSA) is 23.5 Å². The second kappa shape index (κ2) is 5.35. The molecule has 2 nitrogen and oxygen atoms in total. The first-order valence-corrected chi connectivity index (χ1v) is 6.91. The van der Waals surface area contributed by atoms with Crippen molar-refractivity contribution in [1.29, 1.82) is 0 Å². The molecule has 2 aromatic rings. The standard InChI is InChI=1S/C17H18FNO/c18-16-9-5-4-8-15(16)17(20)10-11-19(13-17)12-14-6-2-1-3-7-14/h1-9,20H,10-13H2. The minimum absolute atomic E-state index is 0.323. The van der Waals surface area contributed by atoms with E-state index in [2.05, 4.69) is 17.0 Å². The second-order valence-electron chi connectivity index (χ2n) is 5.46. The van der Waals surface area contributed by atoms with Gasteiger partial charge in [-0.2, -0.15) is 0 Å². The summed E-state index contributed by atoms with van der Waals surface area (Å²) in [4.78, 5) is 2.17. The smallest absolute Gasteiger partial charge is 0.129 e. The second-order valence-corrected chi connectivity index (χ2v) is 5.46. The maximum atomic E-state index is 13.9. The number of benzene rings is 2. The van der Waals surface area contributed by atoms with Crippen LogP contribution in [0.1, 0.15) is 17.5 Å². The highest BCUT2D eigenvalue weighted by molar-refractivity contribution is 5.26. The molecule has 1 N–H and O–H groups in total. The van der Waals surface area contributed by atoms with E-state index in [9.17, 15) is 9.50 Å². The zero-order valence-corrected chi connectivity index (χ0v) is 11.3. The first kappa shape index (κ1) is 13.3. The summed E-state index contributed by atoms with van der Waals surface area (Å²) in [5.74, 6) is -0.323. The molecule has 1 atom stereocenters. The van der Waals surface area contributed by atoms with E-state index in [1.54, 1.807) is 18.2 Å². The molecule has 2 aromatic carbocycles. The SMILES string of the molecule is OC1(c2ccccc2F)CCN(Cc2ccccc2)C1. The van der Waals surface area contributed by atoms with Crippen molar-refractivity contribution in [2.75, 3.05) is 13.1 Å². The predicted octanol–water partition coefficient (Wildman–Crippen LogP) is 2.92. The molecule has 0 aromatic heterocycles. The first-order valence-electron chi connectivity index (χ1n) is 6.91. The molecule has 0 aliphatic carbocycles. The van der Waals surface area contributed by atoms with Gasteiger partial charge < -0.3 is 5.11 Å². The number of hydrogen-bond donors (Lipinski definition) is 1. The molecule has 1 heterocycles. The lowest BCUT2D eigenvalue weighted by atomic mass is 9.92. The minimum Gasteiger partial charge on any atom is -0.384 e. The summed E-state index contributed by atoms with van der Waals surface area (Å²) in [6.07, 6.45) is 0.570. The van der Waals surface area contributed by atoms with Crippen molar-refractivity contribution in [3.05, 3.63) is 71.5 Å². The third kappa shape index (κ3) is 2.60. The Bertz CT molecular complexity index is 587. The molecule has 1 saturated heterocycles. The summed E-state index contributed by atoms with van der Waals surface area (Å²) in [7, 11) is 0. The number of nitrogens with zero attached hydrogens (tertiary/aromatic N) is 1. The van der Waals surface area contributed by atoms with E-state index in [0.717, 1.165) is 13.1 Å². The molecular weight excluding hydrogens is 253 g/mol. The highest BCUT2D eigenvalue weighted by Gasteiger charge is 2.39. The minimum atomic E-state index is -1.07. The Labute approximate surface area is 118 Å². The number of aliphatic hydroxyl groups is 1. The zero-order chi connectivity index (χ0) is 14.0. The van der Waals surface area contributed by atoms with Gasteiger partial charge in [0.25, 0.3) is 0 Å². The average Bonchev–Trinajstić information content (AvgIpc) is 2.83. The number of halogens is 1. The number of rotatable bonds is 3. The van der Waals surface area contributed by atoms with Gasteiger partial charge in [0.1, 0.15) is 11.4 Å². The van der Waals surface area contributed by atoms with Crippen LogP contribution in [0.25, 0.3) is 0 Å². The van der Waals surface area contributed by atoms with Crippen molar-refractivity contribution < 1.29 is 9.50 Å². The fourth-order valence-electron chi connectivity index (χ4n) is 2.91. The summed E-state index contributed by atoms with van der Waals surface area (Å²) >= 11 is 0. The first-order chi connectivity index (χ1) is 9.67. The largest absolute Gasteiger partial charge is 0.384 e. The van der Waals surface area contributed by atoms with Crippen molar-refractivity contribution in [2.45, 2.75) is 18.6 Å². The van der Waals surface area contributed by atoms with Crippen LogP contribution in [-0.2, 0) is 12.1 Å². The lowest BCUT2D eigenvalue weighted by Gasteiger charge is -2.24. The fraction of sp³-hybridized carbons (Fsp3) is 0.294. The Morgan fingerprint density at radius 3 is 2.50 bits per heavy atom. The molecule has 0 spiro atoms. The van der Waals surface area contributed by atoms with E-state index < -0.39 is 5.60 Å². The molecule has 20 heavy (non-hydrogen) atoms. The third-order valence-corrected chi connectivity index (χ3v) is 3.95. The Morgan fingerprint density at radius 1 is 1.05 bits per heavy atom. The lowest BCUT2D eigenvalue weighted by molar-refractivity contribution is 0.0417. The van der Waals surface area contributed by atoms with Crippen LogP contribution in [0, 0.1) is 5.82 Å². The Balaban J connectivity index is 1.74. The van der Waals surface area contributed by atoms with Crippen LogP contribution in [0.15, 0.2) is 54.6 Å². The van der Waals surface area contributed by atoms with Gasteiger partial charge in [-0.1, -0.05) is 48.5 Å². The van der Waals surface area contributed by atoms with E-state index in [0.29, 0.717) is 18.5 Å². The van der Waals surface area contributed by atoms with Crippen molar-refractivity contribution in [3.63, 3.8) is 0 Å². The van der Waals surface area contributed by atoms with Gasteiger partial charge in [0, 0.05) is 25.2 Å². The van der Waals surface area contributed by atoms with Gasteiger partial charge >= 0.3 is 0 Å². The summed E-state index contributed by atoms with van der Waals surface area (Å²) in [6, 6.07) is 16.7. The fourth-order valence-corrected chi connectivity index (χ4v) is 2.91. The summed E-state index contributed by atoms with van der Waals surface area (Å²) in [6.45, 7) is 2.04. The van der Waals surface area contributed by atoms with E-state index >= 15 is 0 Å². The normalized spacial score (nSPS) is 23.1. The Kier molecular flexibility index (Phi) is 3.55. The number of hydrogen-bond acceptors (Lipinski definition) is 2. The van der Waals surface area contributed by atoms with E-state index in [-0.39, 0.29) is 5.82 Å². The van der Waals surface area contributed by atoms with Crippen LogP contribution < -0.4 is 0 Å². The third-order valence-electron chi connectivity index (χ3n) is 3.95. The van der Waals surface area contributed by atoms with E-state index in [1.165, 1.54) is 11.6 Å². The molecule has 1 fully saturated rings. The van der Waals surface area contributed by atoms with Gasteiger partial charge in [-0.25, -0.2) is 4.39 Å². The van der Waals surface area contributed by atoms with Crippen LogP contribution in [0.5, 0.6) is 0 Å². The summed E-state index contributed by atoms with van der Waals surface area (Å²) < 4.78 is 13.9. The molecule has 104 valence electrons.